The Labute approximate surface area is 116 Å². The van der Waals surface area contributed by atoms with Crippen LogP contribution in [0.4, 0.5) is 13.2 Å². The van der Waals surface area contributed by atoms with Gasteiger partial charge >= 0.3 is 27.4 Å². The van der Waals surface area contributed by atoms with Crippen LogP contribution in [0.5, 0.6) is 0 Å². The summed E-state index contributed by atoms with van der Waals surface area (Å²) >= 11 is -1.85. The average Bonchev–Trinajstić information content (AvgIpc) is 2.35. The lowest BCUT2D eigenvalue weighted by molar-refractivity contribution is -0.627. The molecule has 1 aromatic rings. The quantitative estimate of drug-likeness (QED) is 0.342. The number of allylic oxidation sites excluding steroid dienone is 1. The van der Waals surface area contributed by atoms with Gasteiger partial charge in [-0.1, -0.05) is 24.3 Å². The van der Waals surface area contributed by atoms with Crippen LogP contribution in [0.15, 0.2) is 27.8 Å². The Morgan fingerprint density at radius 3 is 2.21 bits per heavy atom. The second-order valence-corrected chi connectivity index (χ2v) is 6.33. The molecule has 0 saturated heterocycles. The number of hydrogen-bond donors (Lipinski definition) is 0. The largest absolute Gasteiger partial charge is 0.869 e. The standard InChI is InChI=1S/C12H6F3IO3/c13-12(14,15)5-16-8-9(17)6-3-1-2-4-7(6)10(18)11(8)19/h1-4H,5H2. The molecule has 2 rings (SSSR count). The number of Topliss-reactive ketones (excluding diaryl/α,β-unsaturated/α-hetero) is 2. The van der Waals surface area contributed by atoms with E-state index in [4.69, 9.17) is 0 Å². The highest BCUT2D eigenvalue weighted by Gasteiger charge is 2.43. The molecule has 0 unspecified atom stereocenters. The van der Waals surface area contributed by atoms with Gasteiger partial charge in [0.15, 0.2) is 0 Å². The van der Waals surface area contributed by atoms with Crippen molar-refractivity contribution in [1.29, 1.82) is 0 Å². The zero-order chi connectivity index (χ0) is 14.2. The first-order valence-corrected chi connectivity index (χ1v) is 7.67. The summed E-state index contributed by atoms with van der Waals surface area (Å²) < 4.78 is 34.8. The normalized spacial score (nSPS) is 15.7. The third kappa shape index (κ3) is 2.80. The van der Waals surface area contributed by atoms with Crippen molar-refractivity contribution < 1.29 is 49.1 Å². The molecule has 100 valence electrons. The molecule has 1 aliphatic carbocycles. The Bertz CT molecular complexity index is 590. The Kier molecular flexibility index (Phi) is 3.66. The van der Waals surface area contributed by atoms with Crippen LogP contribution in [0, 0.1) is 0 Å². The van der Waals surface area contributed by atoms with Gasteiger partial charge in [0.1, 0.15) is 0 Å². The zero-order valence-corrected chi connectivity index (χ0v) is 11.4. The van der Waals surface area contributed by atoms with E-state index < -0.39 is 52.7 Å². The number of rotatable bonds is 2. The summed E-state index contributed by atoms with van der Waals surface area (Å²) in [7, 11) is 0. The molecule has 0 radical (unpaired) electrons. The van der Waals surface area contributed by atoms with Crippen LogP contribution < -0.4 is 26.3 Å². The van der Waals surface area contributed by atoms with Gasteiger partial charge in [-0.25, -0.2) is 0 Å². The van der Waals surface area contributed by atoms with E-state index in [1.165, 1.54) is 24.3 Å². The van der Waals surface area contributed by atoms with E-state index in [-0.39, 0.29) is 11.1 Å². The second kappa shape index (κ2) is 4.95. The van der Waals surface area contributed by atoms with Gasteiger partial charge in [0, 0.05) is 5.56 Å². The summed E-state index contributed by atoms with van der Waals surface area (Å²) in [5.74, 6) is -2.72. The van der Waals surface area contributed by atoms with Crippen LogP contribution in [0.2, 0.25) is 0 Å². The molecular formula is C12H6F3IO3. The minimum Gasteiger partial charge on any atom is -0.869 e. The van der Waals surface area contributed by atoms with Crippen LogP contribution >= 0.6 is 0 Å². The number of alkyl halides is 4. The highest BCUT2D eigenvalue weighted by Crippen LogP contribution is 2.22. The Hall–Kier alpha value is -1.38. The van der Waals surface area contributed by atoms with Crippen LogP contribution in [-0.2, 0) is 4.79 Å². The van der Waals surface area contributed by atoms with Gasteiger partial charge in [-0.3, -0.25) is 9.59 Å². The molecule has 0 spiro atoms. The van der Waals surface area contributed by atoms with E-state index in [0.717, 1.165) is 0 Å². The predicted molar refractivity (Wildman–Crippen MR) is 53.6 cm³/mol. The zero-order valence-electron chi connectivity index (χ0n) is 9.25. The second-order valence-electron chi connectivity index (χ2n) is 3.73. The lowest BCUT2D eigenvalue weighted by atomic mass is 9.94. The number of hydrogen-bond acceptors (Lipinski definition) is 3. The number of benzene rings is 1. The molecule has 0 heterocycles. The molecule has 19 heavy (non-hydrogen) atoms. The van der Waals surface area contributed by atoms with Crippen molar-refractivity contribution in [3.63, 3.8) is 0 Å². The van der Waals surface area contributed by atoms with Crippen molar-refractivity contribution in [1.82, 2.24) is 0 Å². The Morgan fingerprint density at radius 2 is 1.63 bits per heavy atom. The fraction of sp³-hybridized carbons (Fsp3) is 0.167. The molecule has 3 nitrogen and oxygen atoms in total. The van der Waals surface area contributed by atoms with Crippen molar-refractivity contribution in [3.8, 4) is 0 Å². The van der Waals surface area contributed by atoms with Gasteiger partial charge in [-0.2, -0.15) is 13.2 Å². The topological polar surface area (TPSA) is 57.2 Å². The van der Waals surface area contributed by atoms with Gasteiger partial charge in [-0.05, 0) is 11.3 Å². The van der Waals surface area contributed by atoms with Crippen LogP contribution in [-0.4, -0.2) is 22.2 Å². The first-order valence-electron chi connectivity index (χ1n) is 5.07. The Morgan fingerprint density at radius 1 is 1.05 bits per heavy atom. The molecule has 0 aliphatic heterocycles. The van der Waals surface area contributed by atoms with Crippen LogP contribution in [0.1, 0.15) is 15.9 Å². The highest BCUT2D eigenvalue weighted by molar-refractivity contribution is 6.51. The number of carbonyl (C=O) groups is 2. The maximum Gasteiger partial charge on any atom is 0.432 e. The van der Waals surface area contributed by atoms with E-state index in [9.17, 15) is 27.9 Å². The molecule has 0 saturated carbocycles. The maximum atomic E-state index is 12.2. The van der Waals surface area contributed by atoms with E-state index in [0.29, 0.717) is 0 Å². The molecule has 1 aromatic carbocycles. The smallest absolute Gasteiger partial charge is 0.432 e. The summed E-state index contributed by atoms with van der Waals surface area (Å²) in [5, 5.41) is 11.9. The number of fused-ring (bicyclic) bond motifs is 1. The maximum absolute atomic E-state index is 12.2. The molecule has 0 aromatic heterocycles. The van der Waals surface area contributed by atoms with Crippen molar-refractivity contribution in [2.24, 2.45) is 0 Å². The monoisotopic (exact) mass is 382 g/mol. The molecule has 0 fully saturated rings. The molecule has 0 atom stereocenters. The molecular weight excluding hydrogens is 376 g/mol. The molecule has 0 bridgehead atoms. The van der Waals surface area contributed by atoms with Crippen LogP contribution in [0.3, 0.4) is 0 Å². The fourth-order valence-corrected chi connectivity index (χ4v) is 3.63. The lowest BCUT2D eigenvalue weighted by Gasteiger charge is -2.19. The number of halogens is 4. The SMILES string of the molecule is O=C1C(=O)c2ccccc2C([O-])=C1[I+]CC(F)(F)F. The summed E-state index contributed by atoms with van der Waals surface area (Å²) in [5.41, 5.74) is -0.0127. The van der Waals surface area contributed by atoms with Gasteiger partial charge in [0.05, 0.1) is 0 Å². The molecule has 1 aliphatic rings. The summed E-state index contributed by atoms with van der Waals surface area (Å²) in [4.78, 5) is 23.4. The van der Waals surface area contributed by atoms with Gasteiger partial charge in [0.25, 0.3) is 5.78 Å². The van der Waals surface area contributed by atoms with Gasteiger partial charge < -0.3 is 5.11 Å². The van der Waals surface area contributed by atoms with E-state index in [1.807, 2.05) is 0 Å². The Balaban J connectivity index is 2.42. The predicted octanol–water partition coefficient (Wildman–Crippen LogP) is -1.87. The minimum absolute atomic E-state index is 0.0176. The first-order chi connectivity index (χ1) is 8.81. The van der Waals surface area contributed by atoms with E-state index in [2.05, 4.69) is 0 Å². The highest BCUT2D eigenvalue weighted by atomic mass is 127. The van der Waals surface area contributed by atoms with Crippen molar-refractivity contribution in [3.05, 3.63) is 39.0 Å². The summed E-state index contributed by atoms with van der Waals surface area (Å²) in [6.07, 6.45) is -4.43. The average molecular weight is 382 g/mol. The molecule has 0 amide bonds. The first kappa shape index (κ1) is 14.0. The van der Waals surface area contributed by atoms with Crippen molar-refractivity contribution >= 4 is 17.3 Å². The summed E-state index contributed by atoms with van der Waals surface area (Å²) in [6.45, 7) is 0. The lowest BCUT2D eigenvalue weighted by Crippen LogP contribution is -3.63. The van der Waals surface area contributed by atoms with Crippen LogP contribution in [0.25, 0.3) is 5.76 Å². The van der Waals surface area contributed by atoms with E-state index in [1.54, 1.807) is 0 Å². The van der Waals surface area contributed by atoms with Gasteiger partial charge in [0.2, 0.25) is 13.8 Å². The summed E-state index contributed by atoms with van der Waals surface area (Å²) in [6, 6.07) is 5.66. The third-order valence-corrected chi connectivity index (χ3v) is 5.36. The third-order valence-electron chi connectivity index (χ3n) is 2.37. The van der Waals surface area contributed by atoms with Gasteiger partial charge in [-0.15, -0.1) is 0 Å². The number of ketones is 2. The molecule has 0 N–H and O–H groups in total. The van der Waals surface area contributed by atoms with Crippen molar-refractivity contribution in [2.45, 2.75) is 6.18 Å². The minimum atomic E-state index is -4.43. The molecule has 7 heteroatoms. The fourth-order valence-electron chi connectivity index (χ4n) is 1.59. The number of carbonyl (C=O) groups excluding carboxylic acids is 2. The van der Waals surface area contributed by atoms with Crippen molar-refractivity contribution in [2.75, 3.05) is 4.43 Å². The van der Waals surface area contributed by atoms with E-state index >= 15 is 0 Å².